The second kappa shape index (κ2) is 19.1. The van der Waals surface area contributed by atoms with Crippen LogP contribution in [0.3, 0.4) is 0 Å². The van der Waals surface area contributed by atoms with E-state index in [0.717, 1.165) is 32.1 Å². The van der Waals surface area contributed by atoms with Crippen molar-refractivity contribution < 1.29 is 19.9 Å². The van der Waals surface area contributed by atoms with Gasteiger partial charge in [-0.3, -0.25) is 14.9 Å². The number of rotatable bonds is 20. The van der Waals surface area contributed by atoms with Crippen molar-refractivity contribution in [1.29, 1.82) is 0 Å². The third kappa shape index (κ3) is 13.5. The summed E-state index contributed by atoms with van der Waals surface area (Å²) in [7, 11) is 0. The number of nitro groups is 1. The van der Waals surface area contributed by atoms with E-state index >= 15 is 0 Å². The Hall–Kier alpha value is -2.25. The lowest BCUT2D eigenvalue weighted by atomic mass is 10.0. The highest BCUT2D eigenvalue weighted by atomic mass is 16.6. The average molecular weight is 477 g/mol. The van der Waals surface area contributed by atoms with Gasteiger partial charge in [0.2, 0.25) is 5.91 Å². The third-order valence-corrected chi connectivity index (χ3v) is 6.04. The number of hydrogen-bond donors (Lipinski definition) is 3. The number of aliphatic hydroxyl groups is 2. The smallest absolute Gasteiger partial charge is 0.269 e. The number of benzene rings is 1. The first-order chi connectivity index (χ1) is 16.5. The number of hydrogen-bond acceptors (Lipinski definition) is 5. The Morgan fingerprint density at radius 2 is 1.47 bits per heavy atom. The van der Waals surface area contributed by atoms with Gasteiger partial charge in [0, 0.05) is 18.6 Å². The molecule has 2 atom stereocenters. The Bertz CT molecular complexity index is 705. The molecule has 7 nitrogen and oxygen atoms in total. The van der Waals surface area contributed by atoms with Gasteiger partial charge >= 0.3 is 0 Å². The van der Waals surface area contributed by atoms with Gasteiger partial charge in [-0.25, -0.2) is 0 Å². The van der Waals surface area contributed by atoms with E-state index in [1.54, 1.807) is 0 Å². The van der Waals surface area contributed by atoms with Crippen LogP contribution in [-0.2, 0) is 4.79 Å². The standard InChI is InChI=1S/C27H44N2O5/c1-2-3-4-5-6-7-8-9-10-11-12-13-14-15-16-17-26(31)28-25(22-30)27(32)23-18-20-24(21-19-23)29(33)34/h9-10,18-21,25,27,30,32H,2-8,11-17,22H2,1H3,(H,28,31)/b10-9-/t25-,27+/m1/s1. The lowest BCUT2D eigenvalue weighted by Crippen LogP contribution is -2.41. The number of nitrogens with zero attached hydrogens (tertiary/aromatic N) is 1. The highest BCUT2D eigenvalue weighted by molar-refractivity contribution is 5.76. The summed E-state index contributed by atoms with van der Waals surface area (Å²) in [6.07, 6.45) is 19.3. The van der Waals surface area contributed by atoms with Gasteiger partial charge in [-0.2, -0.15) is 0 Å². The van der Waals surface area contributed by atoms with Gasteiger partial charge in [0.05, 0.1) is 17.6 Å². The van der Waals surface area contributed by atoms with Crippen molar-refractivity contribution >= 4 is 11.6 Å². The summed E-state index contributed by atoms with van der Waals surface area (Å²) in [5.74, 6) is -0.211. The fourth-order valence-corrected chi connectivity index (χ4v) is 3.89. The van der Waals surface area contributed by atoms with Gasteiger partial charge < -0.3 is 15.5 Å². The minimum Gasteiger partial charge on any atom is -0.394 e. The number of nitrogens with one attached hydrogen (secondary N) is 1. The van der Waals surface area contributed by atoms with Crippen LogP contribution in [0.2, 0.25) is 0 Å². The summed E-state index contributed by atoms with van der Waals surface area (Å²) in [6, 6.07) is 4.60. The summed E-state index contributed by atoms with van der Waals surface area (Å²) < 4.78 is 0. The molecular weight excluding hydrogens is 432 g/mol. The average Bonchev–Trinajstić information content (AvgIpc) is 2.84. The summed E-state index contributed by atoms with van der Waals surface area (Å²) in [4.78, 5) is 22.4. The number of carbonyl (C=O) groups excluding carboxylic acids is 1. The number of unbranched alkanes of at least 4 members (excludes halogenated alkanes) is 11. The largest absolute Gasteiger partial charge is 0.394 e. The maximum absolute atomic E-state index is 12.2. The molecule has 0 saturated heterocycles. The van der Waals surface area contributed by atoms with Crippen LogP contribution < -0.4 is 5.32 Å². The molecule has 0 aliphatic carbocycles. The molecule has 1 aromatic rings. The molecule has 1 aromatic carbocycles. The van der Waals surface area contributed by atoms with Crippen molar-refractivity contribution in [2.45, 2.75) is 109 Å². The van der Waals surface area contributed by atoms with E-state index in [2.05, 4.69) is 24.4 Å². The van der Waals surface area contributed by atoms with E-state index < -0.39 is 23.7 Å². The fraction of sp³-hybridized carbons (Fsp3) is 0.667. The summed E-state index contributed by atoms with van der Waals surface area (Å²) in [5, 5.41) is 33.4. The summed E-state index contributed by atoms with van der Waals surface area (Å²) in [5.41, 5.74) is 0.329. The molecule has 0 unspecified atom stereocenters. The lowest BCUT2D eigenvalue weighted by Gasteiger charge is -2.22. The van der Waals surface area contributed by atoms with Crippen molar-refractivity contribution in [3.8, 4) is 0 Å². The van der Waals surface area contributed by atoms with Crippen LogP contribution in [0.4, 0.5) is 5.69 Å². The maximum Gasteiger partial charge on any atom is 0.269 e. The van der Waals surface area contributed by atoms with Gasteiger partial charge in [-0.15, -0.1) is 0 Å². The Labute approximate surface area is 204 Å². The normalized spacial score (nSPS) is 13.1. The van der Waals surface area contributed by atoms with Crippen molar-refractivity contribution in [1.82, 2.24) is 5.32 Å². The van der Waals surface area contributed by atoms with Crippen molar-refractivity contribution in [3.63, 3.8) is 0 Å². The lowest BCUT2D eigenvalue weighted by molar-refractivity contribution is -0.384. The first kappa shape index (κ1) is 29.8. The fourth-order valence-electron chi connectivity index (χ4n) is 3.89. The van der Waals surface area contributed by atoms with E-state index in [-0.39, 0.29) is 11.6 Å². The van der Waals surface area contributed by atoms with Gasteiger partial charge in [0.25, 0.3) is 5.69 Å². The zero-order valence-electron chi connectivity index (χ0n) is 20.8. The van der Waals surface area contributed by atoms with Crippen LogP contribution >= 0.6 is 0 Å². The van der Waals surface area contributed by atoms with E-state index in [4.69, 9.17) is 0 Å². The second-order valence-electron chi connectivity index (χ2n) is 8.98. The Morgan fingerprint density at radius 3 is 2.00 bits per heavy atom. The Balaban J connectivity index is 2.10. The maximum atomic E-state index is 12.2. The predicted octanol–water partition coefficient (Wildman–Crippen LogP) is 6.14. The van der Waals surface area contributed by atoms with Crippen molar-refractivity contribution in [2.24, 2.45) is 0 Å². The molecule has 34 heavy (non-hydrogen) atoms. The molecule has 0 heterocycles. The first-order valence-corrected chi connectivity index (χ1v) is 13.0. The molecule has 0 aromatic heterocycles. The van der Waals surface area contributed by atoms with Crippen LogP contribution in [-0.4, -0.2) is 33.7 Å². The number of allylic oxidation sites excluding steroid dienone is 2. The van der Waals surface area contributed by atoms with E-state index in [1.165, 1.54) is 75.6 Å². The molecule has 192 valence electrons. The van der Waals surface area contributed by atoms with Crippen LogP contribution in [0.25, 0.3) is 0 Å². The zero-order chi connectivity index (χ0) is 25.0. The van der Waals surface area contributed by atoms with Gasteiger partial charge in [-0.05, 0) is 49.8 Å². The molecule has 0 bridgehead atoms. The van der Waals surface area contributed by atoms with Crippen molar-refractivity contribution in [2.75, 3.05) is 6.61 Å². The van der Waals surface area contributed by atoms with Gasteiger partial charge in [0.1, 0.15) is 6.10 Å². The highest BCUT2D eigenvalue weighted by Gasteiger charge is 2.22. The molecule has 1 rings (SSSR count). The van der Waals surface area contributed by atoms with Crippen LogP contribution in [0.1, 0.15) is 108 Å². The SMILES string of the molecule is CCCCCCCC/C=C\CCCCCCCC(=O)N[C@H](CO)[C@@H](O)c1ccc([N+](=O)[O-])cc1. The molecule has 0 aliphatic heterocycles. The molecule has 7 heteroatoms. The molecule has 0 fully saturated rings. The van der Waals surface area contributed by atoms with E-state index in [1.807, 2.05) is 0 Å². The second-order valence-corrected chi connectivity index (χ2v) is 8.98. The number of carbonyl (C=O) groups is 1. The van der Waals surface area contributed by atoms with Gasteiger partial charge in [-0.1, -0.05) is 70.4 Å². The molecule has 1 amide bonds. The molecular formula is C27H44N2O5. The molecule has 0 spiro atoms. The Morgan fingerprint density at radius 1 is 0.941 bits per heavy atom. The highest BCUT2D eigenvalue weighted by Crippen LogP contribution is 2.20. The molecule has 0 aliphatic rings. The monoisotopic (exact) mass is 476 g/mol. The minimum absolute atomic E-state index is 0.0790. The number of aliphatic hydroxyl groups excluding tert-OH is 2. The summed E-state index contributed by atoms with van der Waals surface area (Å²) in [6.45, 7) is 1.82. The van der Waals surface area contributed by atoms with E-state index in [0.29, 0.717) is 12.0 Å². The predicted molar refractivity (Wildman–Crippen MR) is 137 cm³/mol. The van der Waals surface area contributed by atoms with Crippen LogP contribution in [0.5, 0.6) is 0 Å². The third-order valence-electron chi connectivity index (χ3n) is 6.04. The molecule has 0 radical (unpaired) electrons. The Kier molecular flexibility index (Phi) is 16.7. The van der Waals surface area contributed by atoms with E-state index in [9.17, 15) is 25.1 Å². The quantitative estimate of drug-likeness (QED) is 0.0905. The molecule has 3 N–H and O–H groups in total. The number of nitro benzene ring substituents is 1. The van der Waals surface area contributed by atoms with Gasteiger partial charge in [0.15, 0.2) is 0 Å². The number of non-ortho nitro benzene ring substituents is 1. The van der Waals surface area contributed by atoms with Crippen LogP contribution in [0, 0.1) is 10.1 Å². The topological polar surface area (TPSA) is 113 Å². The minimum atomic E-state index is -1.14. The first-order valence-electron chi connectivity index (χ1n) is 13.0. The van der Waals surface area contributed by atoms with Crippen molar-refractivity contribution in [3.05, 3.63) is 52.1 Å². The molecule has 0 saturated carbocycles. The zero-order valence-corrected chi connectivity index (χ0v) is 20.8. The summed E-state index contributed by atoms with van der Waals surface area (Å²) >= 11 is 0. The number of amides is 1. The van der Waals surface area contributed by atoms with Crippen LogP contribution in [0.15, 0.2) is 36.4 Å².